The summed E-state index contributed by atoms with van der Waals surface area (Å²) in [6.07, 6.45) is 0.352. The van der Waals surface area contributed by atoms with E-state index in [1.165, 1.54) is 0 Å². The second-order valence-electron chi connectivity index (χ2n) is 3.32. The van der Waals surface area contributed by atoms with Gasteiger partial charge in [0.05, 0.1) is 6.61 Å². The lowest BCUT2D eigenvalue weighted by Gasteiger charge is -2.17. The van der Waals surface area contributed by atoms with Crippen molar-refractivity contribution >= 4 is 23.2 Å². The molecule has 0 unspecified atom stereocenters. The van der Waals surface area contributed by atoms with E-state index >= 15 is 0 Å². The van der Waals surface area contributed by atoms with Crippen LogP contribution in [-0.2, 0) is 4.79 Å². The largest absolute Gasteiger partial charge is 0.494 e. The topological polar surface area (TPSA) is 29.5 Å². The summed E-state index contributed by atoms with van der Waals surface area (Å²) in [5, 5.41) is 0. The third-order valence-electron chi connectivity index (χ3n) is 2.22. The van der Waals surface area contributed by atoms with E-state index in [1.54, 1.807) is 11.9 Å². The molecule has 1 rings (SSSR count). The third-order valence-corrected chi connectivity index (χ3v) is 2.41. The van der Waals surface area contributed by atoms with Gasteiger partial charge in [-0.2, -0.15) is 0 Å². The van der Waals surface area contributed by atoms with Crippen LogP contribution in [0.3, 0.4) is 0 Å². The van der Waals surface area contributed by atoms with Crippen molar-refractivity contribution in [3.8, 4) is 5.75 Å². The fourth-order valence-corrected chi connectivity index (χ4v) is 1.49. The normalized spacial score (nSPS) is 9.94. The zero-order valence-electron chi connectivity index (χ0n) is 9.57. The molecule has 0 aliphatic carbocycles. The van der Waals surface area contributed by atoms with E-state index in [2.05, 4.69) is 0 Å². The van der Waals surface area contributed by atoms with E-state index < -0.39 is 0 Å². The summed E-state index contributed by atoms with van der Waals surface area (Å²) in [7, 11) is 1.74. The summed E-state index contributed by atoms with van der Waals surface area (Å²) in [6, 6.07) is 7.42. The van der Waals surface area contributed by atoms with Gasteiger partial charge in [-0.3, -0.25) is 4.79 Å². The van der Waals surface area contributed by atoms with Crippen LogP contribution >= 0.6 is 11.6 Å². The number of anilines is 1. The monoisotopic (exact) mass is 241 g/mol. The predicted molar refractivity (Wildman–Crippen MR) is 66.4 cm³/mol. The van der Waals surface area contributed by atoms with Gasteiger partial charge in [0.1, 0.15) is 5.75 Å². The molecule has 0 saturated heterocycles. The van der Waals surface area contributed by atoms with E-state index in [-0.39, 0.29) is 5.91 Å². The standard InChI is InChI=1S/C12H16ClNO2/c1-3-16-11-6-4-10(5-7-11)14(2)12(15)8-9-13/h4-7H,3,8-9H2,1-2H3. The van der Waals surface area contributed by atoms with Crippen LogP contribution < -0.4 is 9.64 Å². The van der Waals surface area contributed by atoms with Crippen molar-refractivity contribution in [1.29, 1.82) is 0 Å². The van der Waals surface area contributed by atoms with Crippen LogP contribution in [0.5, 0.6) is 5.75 Å². The average Bonchev–Trinajstić information content (AvgIpc) is 2.30. The molecule has 16 heavy (non-hydrogen) atoms. The Morgan fingerprint density at radius 1 is 1.38 bits per heavy atom. The van der Waals surface area contributed by atoms with Crippen LogP contribution in [-0.4, -0.2) is 25.4 Å². The van der Waals surface area contributed by atoms with Crippen LogP contribution in [0.1, 0.15) is 13.3 Å². The Kier molecular flexibility index (Phi) is 5.12. The van der Waals surface area contributed by atoms with Gasteiger partial charge in [-0.25, -0.2) is 0 Å². The SMILES string of the molecule is CCOc1ccc(N(C)C(=O)CCCl)cc1. The minimum absolute atomic E-state index is 0.0131. The van der Waals surface area contributed by atoms with E-state index in [0.717, 1.165) is 11.4 Å². The molecule has 3 nitrogen and oxygen atoms in total. The van der Waals surface area contributed by atoms with Crippen LogP contribution in [0.2, 0.25) is 0 Å². The highest BCUT2D eigenvalue weighted by atomic mass is 35.5. The Hall–Kier alpha value is -1.22. The second kappa shape index (κ2) is 6.38. The first kappa shape index (κ1) is 12.8. The van der Waals surface area contributed by atoms with Gasteiger partial charge in [0.15, 0.2) is 0 Å². The Labute approximate surface area is 101 Å². The number of ether oxygens (including phenoxy) is 1. The van der Waals surface area contributed by atoms with Gasteiger partial charge in [0.2, 0.25) is 5.91 Å². The highest BCUT2D eigenvalue weighted by Crippen LogP contribution is 2.19. The summed E-state index contributed by atoms with van der Waals surface area (Å²) in [4.78, 5) is 13.2. The minimum Gasteiger partial charge on any atom is -0.494 e. The zero-order chi connectivity index (χ0) is 12.0. The lowest BCUT2D eigenvalue weighted by molar-refractivity contribution is -0.117. The van der Waals surface area contributed by atoms with Crippen molar-refractivity contribution in [3.05, 3.63) is 24.3 Å². The molecule has 0 fully saturated rings. The number of hydrogen-bond donors (Lipinski definition) is 0. The molecule has 0 aromatic heterocycles. The number of benzene rings is 1. The number of carbonyl (C=O) groups excluding carboxylic acids is 1. The fraction of sp³-hybridized carbons (Fsp3) is 0.417. The smallest absolute Gasteiger partial charge is 0.227 e. The summed E-state index contributed by atoms with van der Waals surface area (Å²) >= 11 is 5.53. The third kappa shape index (κ3) is 3.42. The van der Waals surface area contributed by atoms with Crippen LogP contribution in [0.4, 0.5) is 5.69 Å². The number of hydrogen-bond acceptors (Lipinski definition) is 2. The molecule has 0 N–H and O–H groups in total. The number of halogens is 1. The molecule has 88 valence electrons. The molecule has 0 saturated carbocycles. The van der Waals surface area contributed by atoms with Crippen LogP contribution in [0.25, 0.3) is 0 Å². The molecule has 0 atom stereocenters. The fourth-order valence-electron chi connectivity index (χ4n) is 1.33. The van der Waals surface area contributed by atoms with Gasteiger partial charge in [-0.15, -0.1) is 11.6 Å². The molecule has 0 spiro atoms. The number of rotatable bonds is 5. The maximum atomic E-state index is 11.6. The molecule has 1 aromatic rings. The van der Waals surface area contributed by atoms with Crippen molar-refractivity contribution in [1.82, 2.24) is 0 Å². The quantitative estimate of drug-likeness (QED) is 0.742. The second-order valence-corrected chi connectivity index (χ2v) is 3.70. The lowest BCUT2D eigenvalue weighted by atomic mass is 10.2. The van der Waals surface area contributed by atoms with Gasteiger partial charge in [0.25, 0.3) is 0 Å². The van der Waals surface area contributed by atoms with Crippen molar-refractivity contribution in [2.75, 3.05) is 24.4 Å². The Balaban J connectivity index is 2.69. The lowest BCUT2D eigenvalue weighted by Crippen LogP contribution is -2.26. The van der Waals surface area contributed by atoms with Crippen molar-refractivity contribution in [3.63, 3.8) is 0 Å². The van der Waals surface area contributed by atoms with Crippen molar-refractivity contribution < 1.29 is 9.53 Å². The molecule has 0 aliphatic heterocycles. The molecule has 0 bridgehead atoms. The van der Waals surface area contributed by atoms with Crippen LogP contribution in [0, 0.1) is 0 Å². The van der Waals surface area contributed by atoms with Crippen LogP contribution in [0.15, 0.2) is 24.3 Å². The number of carbonyl (C=O) groups is 1. The highest BCUT2D eigenvalue weighted by molar-refractivity contribution is 6.19. The van der Waals surface area contributed by atoms with Gasteiger partial charge in [0, 0.05) is 25.0 Å². The molecule has 1 amide bonds. The Morgan fingerprint density at radius 2 is 2.00 bits per heavy atom. The molecule has 0 heterocycles. The van der Waals surface area contributed by atoms with E-state index in [0.29, 0.717) is 18.9 Å². The average molecular weight is 242 g/mol. The number of nitrogens with zero attached hydrogens (tertiary/aromatic N) is 1. The zero-order valence-corrected chi connectivity index (χ0v) is 10.3. The first-order chi connectivity index (χ1) is 7.69. The first-order valence-electron chi connectivity index (χ1n) is 5.24. The van der Waals surface area contributed by atoms with Gasteiger partial charge in [-0.1, -0.05) is 0 Å². The Morgan fingerprint density at radius 3 is 2.50 bits per heavy atom. The van der Waals surface area contributed by atoms with Crippen molar-refractivity contribution in [2.24, 2.45) is 0 Å². The predicted octanol–water partition coefficient (Wildman–Crippen LogP) is 2.68. The molecule has 0 radical (unpaired) electrons. The summed E-state index contributed by atoms with van der Waals surface area (Å²) in [5.41, 5.74) is 0.846. The van der Waals surface area contributed by atoms with Crippen molar-refractivity contribution in [2.45, 2.75) is 13.3 Å². The first-order valence-corrected chi connectivity index (χ1v) is 5.78. The van der Waals surface area contributed by atoms with E-state index in [1.807, 2.05) is 31.2 Å². The molecule has 4 heteroatoms. The summed E-state index contributed by atoms with van der Waals surface area (Å²) < 4.78 is 5.32. The number of amides is 1. The maximum absolute atomic E-state index is 11.6. The summed E-state index contributed by atoms with van der Waals surface area (Å²) in [6.45, 7) is 2.57. The number of alkyl halides is 1. The summed E-state index contributed by atoms with van der Waals surface area (Å²) in [5.74, 6) is 1.17. The Bertz CT molecular complexity index is 337. The van der Waals surface area contributed by atoms with E-state index in [9.17, 15) is 4.79 Å². The molecular formula is C12H16ClNO2. The molecular weight excluding hydrogens is 226 g/mol. The molecule has 0 aliphatic rings. The molecule has 1 aromatic carbocycles. The maximum Gasteiger partial charge on any atom is 0.227 e. The highest BCUT2D eigenvalue weighted by Gasteiger charge is 2.09. The van der Waals surface area contributed by atoms with E-state index in [4.69, 9.17) is 16.3 Å². The van der Waals surface area contributed by atoms with Gasteiger partial charge >= 0.3 is 0 Å². The van der Waals surface area contributed by atoms with Gasteiger partial charge < -0.3 is 9.64 Å². The minimum atomic E-state index is 0.0131. The van der Waals surface area contributed by atoms with Gasteiger partial charge in [-0.05, 0) is 31.2 Å².